The molecule has 0 aliphatic rings. The molecule has 2 N–H and O–H groups in total. The van der Waals surface area contributed by atoms with Gasteiger partial charge in [-0.15, -0.1) is 0 Å². The van der Waals surface area contributed by atoms with Gasteiger partial charge in [0.2, 0.25) is 0 Å². The molecule has 0 aliphatic carbocycles. The van der Waals surface area contributed by atoms with Crippen LogP contribution >= 0.6 is 0 Å². The van der Waals surface area contributed by atoms with Gasteiger partial charge >= 0.3 is 0 Å². The maximum Gasteiger partial charge on any atom is 0.130 e. The Morgan fingerprint density at radius 1 is 1.17 bits per heavy atom. The molecule has 1 aromatic carbocycles. The first-order valence-corrected chi connectivity index (χ1v) is 6.21. The van der Waals surface area contributed by atoms with Gasteiger partial charge in [0.1, 0.15) is 11.6 Å². The Morgan fingerprint density at radius 2 is 1.72 bits per heavy atom. The summed E-state index contributed by atoms with van der Waals surface area (Å²) in [5.74, 6) is -1.00. The highest BCUT2D eigenvalue weighted by atomic mass is 19.1. The van der Waals surface area contributed by atoms with Crippen molar-refractivity contribution in [2.24, 2.45) is 0 Å². The third-order valence-electron chi connectivity index (χ3n) is 2.63. The zero-order valence-corrected chi connectivity index (χ0v) is 11.5. The lowest BCUT2D eigenvalue weighted by Gasteiger charge is -2.24. The predicted octanol–water partition coefficient (Wildman–Crippen LogP) is 2.83. The van der Waals surface area contributed by atoms with Crippen LogP contribution in [0.1, 0.15) is 33.3 Å². The molecule has 0 fully saturated rings. The third-order valence-corrected chi connectivity index (χ3v) is 2.63. The molecule has 2 nitrogen and oxygen atoms in total. The zero-order chi connectivity index (χ0) is 13.8. The molecule has 102 valence electrons. The van der Waals surface area contributed by atoms with Gasteiger partial charge < -0.3 is 10.6 Å². The minimum absolute atomic E-state index is 0.0409. The van der Waals surface area contributed by atoms with Crippen molar-refractivity contribution >= 4 is 0 Å². The molecule has 4 heteroatoms. The Kier molecular flexibility index (Phi) is 5.23. The van der Waals surface area contributed by atoms with Gasteiger partial charge in [0.05, 0.1) is 0 Å². The van der Waals surface area contributed by atoms with Gasteiger partial charge in [-0.2, -0.15) is 0 Å². The van der Waals surface area contributed by atoms with E-state index in [-0.39, 0.29) is 23.7 Å². The Labute approximate surface area is 108 Å². The summed E-state index contributed by atoms with van der Waals surface area (Å²) >= 11 is 0. The maximum atomic E-state index is 13.4. The molecule has 1 rings (SSSR count). The van der Waals surface area contributed by atoms with Crippen molar-refractivity contribution in [2.45, 2.75) is 45.8 Å². The quantitative estimate of drug-likeness (QED) is 0.846. The second-order valence-electron chi connectivity index (χ2n) is 5.61. The lowest BCUT2D eigenvalue weighted by molar-refractivity contribution is 0.384. The van der Waals surface area contributed by atoms with E-state index in [1.807, 2.05) is 6.92 Å². The first-order valence-electron chi connectivity index (χ1n) is 6.21. The summed E-state index contributed by atoms with van der Waals surface area (Å²) in [4.78, 5) is 0. The van der Waals surface area contributed by atoms with Crippen LogP contribution in [-0.4, -0.2) is 18.1 Å². The number of benzene rings is 1. The molecule has 0 saturated heterocycles. The molecule has 1 atom stereocenters. The first-order chi connectivity index (χ1) is 8.29. The number of halogens is 2. The highest BCUT2D eigenvalue weighted by Gasteiger charge is 2.12. The highest BCUT2D eigenvalue weighted by molar-refractivity contribution is 5.19. The van der Waals surface area contributed by atoms with E-state index in [0.717, 1.165) is 6.54 Å². The molecule has 1 unspecified atom stereocenters. The minimum Gasteiger partial charge on any atom is -0.311 e. The van der Waals surface area contributed by atoms with Gasteiger partial charge in [-0.1, -0.05) is 6.07 Å². The fraction of sp³-hybridized carbons (Fsp3) is 0.571. The number of nitrogens with one attached hydrogen (secondary N) is 2. The topological polar surface area (TPSA) is 24.1 Å². The third kappa shape index (κ3) is 5.10. The van der Waals surface area contributed by atoms with Crippen molar-refractivity contribution in [3.05, 3.63) is 35.4 Å². The van der Waals surface area contributed by atoms with Gasteiger partial charge in [-0.05, 0) is 39.8 Å². The number of rotatable bonds is 5. The Hall–Kier alpha value is -1.00. The monoisotopic (exact) mass is 256 g/mol. The van der Waals surface area contributed by atoms with Gasteiger partial charge in [0.25, 0.3) is 0 Å². The second-order valence-corrected chi connectivity index (χ2v) is 5.61. The van der Waals surface area contributed by atoms with Crippen LogP contribution in [0.3, 0.4) is 0 Å². The molecule has 0 aromatic heterocycles. The fourth-order valence-corrected chi connectivity index (χ4v) is 1.51. The van der Waals surface area contributed by atoms with Crippen LogP contribution in [0, 0.1) is 11.6 Å². The molecule has 18 heavy (non-hydrogen) atoms. The first kappa shape index (κ1) is 15.1. The van der Waals surface area contributed by atoms with Gasteiger partial charge in [0, 0.05) is 30.2 Å². The van der Waals surface area contributed by atoms with Crippen LogP contribution in [0.15, 0.2) is 18.2 Å². The summed E-state index contributed by atoms with van der Waals surface area (Å²) in [7, 11) is 0. The second kappa shape index (κ2) is 6.25. The van der Waals surface area contributed by atoms with E-state index in [2.05, 4.69) is 31.4 Å². The van der Waals surface area contributed by atoms with Crippen LogP contribution in [-0.2, 0) is 6.54 Å². The van der Waals surface area contributed by atoms with E-state index < -0.39 is 11.6 Å². The summed E-state index contributed by atoms with van der Waals surface area (Å²) in [5.41, 5.74) is 0.138. The maximum absolute atomic E-state index is 13.4. The van der Waals surface area contributed by atoms with Crippen molar-refractivity contribution in [1.29, 1.82) is 0 Å². The number of hydrogen-bond donors (Lipinski definition) is 2. The van der Waals surface area contributed by atoms with Gasteiger partial charge in [-0.3, -0.25) is 0 Å². The summed E-state index contributed by atoms with van der Waals surface area (Å²) in [5, 5.41) is 6.45. The van der Waals surface area contributed by atoms with Crippen molar-refractivity contribution in [3.63, 3.8) is 0 Å². The van der Waals surface area contributed by atoms with Crippen molar-refractivity contribution in [1.82, 2.24) is 10.6 Å². The average Bonchev–Trinajstić information content (AvgIpc) is 2.25. The lowest BCUT2D eigenvalue weighted by atomic mass is 10.1. The van der Waals surface area contributed by atoms with Crippen LogP contribution in [0.2, 0.25) is 0 Å². The molecule has 0 heterocycles. The van der Waals surface area contributed by atoms with E-state index in [1.165, 1.54) is 18.2 Å². The smallest absolute Gasteiger partial charge is 0.130 e. The highest BCUT2D eigenvalue weighted by Crippen LogP contribution is 2.11. The molecule has 0 aliphatic heterocycles. The van der Waals surface area contributed by atoms with Gasteiger partial charge in [0.15, 0.2) is 0 Å². The largest absolute Gasteiger partial charge is 0.311 e. The molecule has 0 radical (unpaired) electrons. The molecule has 0 amide bonds. The van der Waals surface area contributed by atoms with Crippen LogP contribution < -0.4 is 10.6 Å². The minimum atomic E-state index is -0.501. The van der Waals surface area contributed by atoms with Crippen molar-refractivity contribution in [3.8, 4) is 0 Å². The van der Waals surface area contributed by atoms with E-state index in [4.69, 9.17) is 0 Å². The molecule has 1 aromatic rings. The van der Waals surface area contributed by atoms with E-state index in [9.17, 15) is 8.78 Å². The molecule has 0 bridgehead atoms. The molecular formula is C14H22F2N2. The molecular weight excluding hydrogens is 234 g/mol. The summed E-state index contributed by atoms with van der Waals surface area (Å²) in [6.07, 6.45) is 0. The predicted molar refractivity (Wildman–Crippen MR) is 70.4 cm³/mol. The van der Waals surface area contributed by atoms with Crippen LogP contribution in [0.25, 0.3) is 0 Å². The lowest BCUT2D eigenvalue weighted by Crippen LogP contribution is -2.44. The van der Waals surface area contributed by atoms with E-state index in [1.54, 1.807) is 0 Å². The van der Waals surface area contributed by atoms with E-state index in [0.29, 0.717) is 0 Å². The zero-order valence-electron chi connectivity index (χ0n) is 11.5. The van der Waals surface area contributed by atoms with Gasteiger partial charge in [-0.25, -0.2) is 8.78 Å². The Bertz CT molecular complexity index is 366. The van der Waals surface area contributed by atoms with Crippen LogP contribution in [0.4, 0.5) is 8.78 Å². The molecule has 0 spiro atoms. The summed E-state index contributed by atoms with van der Waals surface area (Å²) < 4.78 is 26.8. The Morgan fingerprint density at radius 3 is 2.22 bits per heavy atom. The van der Waals surface area contributed by atoms with Crippen molar-refractivity contribution in [2.75, 3.05) is 6.54 Å². The normalized spacial score (nSPS) is 13.7. The SMILES string of the molecule is CC(CNC(C)(C)C)NCc1c(F)cccc1F. The summed E-state index contributed by atoms with van der Waals surface area (Å²) in [6.45, 7) is 9.17. The fourth-order valence-electron chi connectivity index (χ4n) is 1.51. The average molecular weight is 256 g/mol. The summed E-state index contributed by atoms with van der Waals surface area (Å²) in [6, 6.07) is 4.07. The number of hydrogen-bond acceptors (Lipinski definition) is 2. The standard InChI is InChI=1S/C14H22F2N2/c1-10(8-18-14(2,3)4)17-9-11-12(15)6-5-7-13(11)16/h5-7,10,17-18H,8-9H2,1-4H3. The molecule has 0 saturated carbocycles. The van der Waals surface area contributed by atoms with Crippen molar-refractivity contribution < 1.29 is 8.78 Å². The van der Waals surface area contributed by atoms with E-state index >= 15 is 0 Å². The Balaban J connectivity index is 2.45. The van der Waals surface area contributed by atoms with Crippen LogP contribution in [0.5, 0.6) is 0 Å².